The zero-order valence-corrected chi connectivity index (χ0v) is 9.31. The third-order valence-corrected chi connectivity index (χ3v) is 2.33. The van der Waals surface area contributed by atoms with Gasteiger partial charge in [-0.25, -0.2) is 0 Å². The van der Waals surface area contributed by atoms with Gasteiger partial charge in [0.2, 0.25) is 0 Å². The SMILES string of the molecule is C=CCCC(C)NCCCCCC. The van der Waals surface area contributed by atoms with E-state index in [0.29, 0.717) is 6.04 Å². The van der Waals surface area contributed by atoms with E-state index < -0.39 is 0 Å². The van der Waals surface area contributed by atoms with Crippen molar-refractivity contribution in [2.45, 2.75) is 58.4 Å². The number of unbranched alkanes of at least 4 members (excludes halogenated alkanes) is 3. The third-order valence-electron chi connectivity index (χ3n) is 2.33. The Bertz CT molecular complexity index is 110. The van der Waals surface area contributed by atoms with Crippen LogP contribution in [0.15, 0.2) is 12.7 Å². The van der Waals surface area contributed by atoms with Crippen LogP contribution in [0.2, 0.25) is 0 Å². The Kier molecular flexibility index (Phi) is 9.56. The van der Waals surface area contributed by atoms with E-state index in [-0.39, 0.29) is 0 Å². The van der Waals surface area contributed by atoms with E-state index in [1.54, 1.807) is 0 Å². The molecule has 0 heterocycles. The minimum Gasteiger partial charge on any atom is -0.314 e. The predicted molar refractivity (Wildman–Crippen MR) is 61.0 cm³/mol. The largest absolute Gasteiger partial charge is 0.314 e. The van der Waals surface area contributed by atoms with Crippen LogP contribution >= 0.6 is 0 Å². The van der Waals surface area contributed by atoms with Crippen molar-refractivity contribution in [3.63, 3.8) is 0 Å². The Morgan fingerprint density at radius 2 is 2.08 bits per heavy atom. The molecule has 1 N–H and O–H groups in total. The molecule has 0 spiro atoms. The van der Waals surface area contributed by atoms with Crippen LogP contribution < -0.4 is 5.32 Å². The van der Waals surface area contributed by atoms with E-state index in [0.717, 1.165) is 6.42 Å². The summed E-state index contributed by atoms with van der Waals surface area (Å²) in [6, 6.07) is 0.652. The lowest BCUT2D eigenvalue weighted by atomic mass is 10.1. The standard InChI is InChI=1S/C12H25N/c1-4-6-8-9-11-13-12(3)10-7-5-2/h5,12-13H,2,4,6-11H2,1,3H3. The summed E-state index contributed by atoms with van der Waals surface area (Å²) >= 11 is 0. The summed E-state index contributed by atoms with van der Waals surface area (Å²) < 4.78 is 0. The van der Waals surface area contributed by atoms with E-state index in [1.165, 1.54) is 38.6 Å². The van der Waals surface area contributed by atoms with E-state index in [4.69, 9.17) is 0 Å². The Morgan fingerprint density at radius 3 is 2.69 bits per heavy atom. The van der Waals surface area contributed by atoms with Gasteiger partial charge in [-0.2, -0.15) is 0 Å². The number of rotatable bonds is 9. The van der Waals surface area contributed by atoms with Crippen molar-refractivity contribution in [1.29, 1.82) is 0 Å². The maximum Gasteiger partial charge on any atom is 0.00416 e. The van der Waals surface area contributed by atoms with Gasteiger partial charge in [-0.15, -0.1) is 6.58 Å². The normalized spacial score (nSPS) is 12.8. The maximum absolute atomic E-state index is 3.73. The lowest BCUT2D eigenvalue weighted by Gasteiger charge is -2.12. The first kappa shape index (κ1) is 12.7. The van der Waals surface area contributed by atoms with Gasteiger partial charge >= 0.3 is 0 Å². The molecular formula is C12H25N. The maximum atomic E-state index is 3.73. The van der Waals surface area contributed by atoms with Gasteiger partial charge in [0, 0.05) is 6.04 Å². The fourth-order valence-electron chi connectivity index (χ4n) is 1.37. The molecule has 0 saturated carbocycles. The van der Waals surface area contributed by atoms with Gasteiger partial charge < -0.3 is 5.32 Å². The van der Waals surface area contributed by atoms with Crippen LogP contribution in [-0.4, -0.2) is 12.6 Å². The highest BCUT2D eigenvalue weighted by Crippen LogP contribution is 2.00. The van der Waals surface area contributed by atoms with Crippen molar-refractivity contribution in [1.82, 2.24) is 5.32 Å². The molecular weight excluding hydrogens is 158 g/mol. The van der Waals surface area contributed by atoms with Crippen molar-refractivity contribution in [2.75, 3.05) is 6.54 Å². The molecule has 0 aromatic rings. The fourth-order valence-corrected chi connectivity index (χ4v) is 1.37. The second kappa shape index (κ2) is 9.79. The van der Waals surface area contributed by atoms with Gasteiger partial charge in [0.15, 0.2) is 0 Å². The quantitative estimate of drug-likeness (QED) is 0.426. The van der Waals surface area contributed by atoms with Gasteiger partial charge in [0.1, 0.15) is 0 Å². The lowest BCUT2D eigenvalue weighted by molar-refractivity contribution is 0.498. The molecule has 0 fully saturated rings. The average molecular weight is 183 g/mol. The van der Waals surface area contributed by atoms with Crippen LogP contribution in [-0.2, 0) is 0 Å². The minimum atomic E-state index is 0.652. The van der Waals surface area contributed by atoms with Crippen molar-refractivity contribution in [3.8, 4) is 0 Å². The first-order valence-electron chi connectivity index (χ1n) is 5.65. The van der Waals surface area contributed by atoms with Crippen LogP contribution in [0.4, 0.5) is 0 Å². The second-order valence-corrected chi connectivity index (χ2v) is 3.78. The molecule has 1 atom stereocenters. The minimum absolute atomic E-state index is 0.652. The molecule has 0 aromatic carbocycles. The van der Waals surface area contributed by atoms with Gasteiger partial charge in [-0.3, -0.25) is 0 Å². The van der Waals surface area contributed by atoms with Gasteiger partial charge in [-0.1, -0.05) is 32.3 Å². The van der Waals surface area contributed by atoms with Crippen LogP contribution in [0.1, 0.15) is 52.4 Å². The molecule has 0 aliphatic rings. The van der Waals surface area contributed by atoms with Crippen LogP contribution in [0, 0.1) is 0 Å². The highest BCUT2D eigenvalue weighted by atomic mass is 14.9. The molecule has 1 unspecified atom stereocenters. The number of hydrogen-bond donors (Lipinski definition) is 1. The van der Waals surface area contributed by atoms with E-state index in [2.05, 4.69) is 25.7 Å². The molecule has 0 bridgehead atoms. The Labute approximate surface area is 83.6 Å². The van der Waals surface area contributed by atoms with E-state index >= 15 is 0 Å². The van der Waals surface area contributed by atoms with Crippen molar-refractivity contribution in [2.24, 2.45) is 0 Å². The summed E-state index contributed by atoms with van der Waals surface area (Å²) in [4.78, 5) is 0. The topological polar surface area (TPSA) is 12.0 Å². The molecule has 1 nitrogen and oxygen atoms in total. The van der Waals surface area contributed by atoms with Gasteiger partial charge in [-0.05, 0) is 32.7 Å². The van der Waals surface area contributed by atoms with Gasteiger partial charge in [0.25, 0.3) is 0 Å². The number of nitrogens with one attached hydrogen (secondary N) is 1. The predicted octanol–water partition coefficient (Wildman–Crippen LogP) is 3.51. The number of allylic oxidation sites excluding steroid dienone is 1. The second-order valence-electron chi connectivity index (χ2n) is 3.78. The molecule has 0 aliphatic carbocycles. The summed E-state index contributed by atoms with van der Waals surface area (Å²) in [5.41, 5.74) is 0. The molecule has 78 valence electrons. The van der Waals surface area contributed by atoms with E-state index in [1.807, 2.05) is 6.08 Å². The van der Waals surface area contributed by atoms with Gasteiger partial charge in [0.05, 0.1) is 0 Å². The summed E-state index contributed by atoms with van der Waals surface area (Å²) in [6.45, 7) is 9.41. The zero-order chi connectivity index (χ0) is 9.94. The molecule has 1 heteroatoms. The summed E-state index contributed by atoms with van der Waals surface area (Å²) in [5.74, 6) is 0. The molecule has 13 heavy (non-hydrogen) atoms. The first-order chi connectivity index (χ1) is 6.31. The molecule has 0 aromatic heterocycles. The third kappa shape index (κ3) is 9.62. The summed E-state index contributed by atoms with van der Waals surface area (Å²) in [5, 5.41) is 3.53. The fraction of sp³-hybridized carbons (Fsp3) is 0.833. The molecule has 0 saturated heterocycles. The zero-order valence-electron chi connectivity index (χ0n) is 9.31. The van der Waals surface area contributed by atoms with Crippen molar-refractivity contribution >= 4 is 0 Å². The average Bonchev–Trinajstić information content (AvgIpc) is 2.14. The Morgan fingerprint density at radius 1 is 1.31 bits per heavy atom. The monoisotopic (exact) mass is 183 g/mol. The van der Waals surface area contributed by atoms with Crippen LogP contribution in [0.25, 0.3) is 0 Å². The number of hydrogen-bond acceptors (Lipinski definition) is 1. The molecule has 0 amide bonds. The summed E-state index contributed by atoms with van der Waals surface area (Å²) in [6.07, 6.45) is 9.74. The van der Waals surface area contributed by atoms with Crippen molar-refractivity contribution in [3.05, 3.63) is 12.7 Å². The highest BCUT2D eigenvalue weighted by molar-refractivity contribution is 4.70. The molecule has 0 rings (SSSR count). The van der Waals surface area contributed by atoms with E-state index in [9.17, 15) is 0 Å². The smallest absolute Gasteiger partial charge is 0.00416 e. The first-order valence-corrected chi connectivity index (χ1v) is 5.65. The van der Waals surface area contributed by atoms with Crippen LogP contribution in [0.3, 0.4) is 0 Å². The molecule has 0 aliphatic heterocycles. The highest BCUT2D eigenvalue weighted by Gasteiger charge is 1.97. The Balaban J connectivity index is 3.07. The summed E-state index contributed by atoms with van der Waals surface area (Å²) in [7, 11) is 0. The molecule has 0 radical (unpaired) electrons. The lowest BCUT2D eigenvalue weighted by Crippen LogP contribution is -2.26. The van der Waals surface area contributed by atoms with Crippen LogP contribution in [0.5, 0.6) is 0 Å². The Hall–Kier alpha value is -0.300. The van der Waals surface area contributed by atoms with Crippen molar-refractivity contribution < 1.29 is 0 Å².